The Bertz CT molecular complexity index is 1180. The first kappa shape index (κ1) is 25.6. The molecular formula is C27H37N5O4. The number of hydrogen-bond acceptors (Lipinski definition) is 7. The second-order valence-electron chi connectivity index (χ2n) is 9.29. The summed E-state index contributed by atoms with van der Waals surface area (Å²) >= 11 is 0. The molecule has 1 fully saturated rings. The van der Waals surface area contributed by atoms with E-state index in [4.69, 9.17) is 14.2 Å². The number of carbonyl (C=O) groups excluding carboxylic acids is 1. The molecule has 0 saturated heterocycles. The molecule has 4 rings (SSSR count). The first-order chi connectivity index (χ1) is 17.5. The van der Waals surface area contributed by atoms with E-state index < -0.39 is 0 Å². The standard InChI is InChI=1S/C27H37N5O4/c1-6-32-26-20(16-30-32)24(31-17(2)19-10-8-7-9-11-19)21(15-28-26)27(33)29-14-18-12-22(34-3)25(36-5)23(13-18)35-4/h12-13,15-17,19H,6-11,14H2,1-5H3,(H,28,31)(H,29,33)/t17-/m1/s1. The van der Waals surface area contributed by atoms with E-state index in [0.29, 0.717) is 41.8 Å². The highest BCUT2D eigenvalue weighted by Crippen LogP contribution is 2.38. The van der Waals surface area contributed by atoms with Crippen LogP contribution in [0.25, 0.3) is 11.0 Å². The molecule has 1 aliphatic carbocycles. The van der Waals surface area contributed by atoms with E-state index in [-0.39, 0.29) is 11.9 Å². The molecule has 1 atom stereocenters. The van der Waals surface area contributed by atoms with Crippen LogP contribution in [0.4, 0.5) is 5.69 Å². The van der Waals surface area contributed by atoms with E-state index in [2.05, 4.69) is 27.6 Å². The number of fused-ring (bicyclic) bond motifs is 1. The summed E-state index contributed by atoms with van der Waals surface area (Å²) in [6.07, 6.45) is 9.70. The molecule has 0 unspecified atom stereocenters. The molecule has 1 saturated carbocycles. The Hall–Kier alpha value is -3.49. The molecule has 0 spiro atoms. The van der Waals surface area contributed by atoms with Crippen LogP contribution in [0.5, 0.6) is 17.2 Å². The molecule has 2 heterocycles. The summed E-state index contributed by atoms with van der Waals surface area (Å²) in [5, 5.41) is 12.1. The molecule has 3 aromatic rings. The zero-order valence-corrected chi connectivity index (χ0v) is 21.9. The zero-order chi connectivity index (χ0) is 25.7. The second kappa shape index (κ2) is 11.5. The van der Waals surface area contributed by atoms with Gasteiger partial charge in [0.05, 0.1) is 44.2 Å². The monoisotopic (exact) mass is 495 g/mol. The normalized spacial score (nSPS) is 14.9. The van der Waals surface area contributed by atoms with Crippen molar-refractivity contribution in [1.82, 2.24) is 20.1 Å². The minimum Gasteiger partial charge on any atom is -0.493 e. The van der Waals surface area contributed by atoms with Gasteiger partial charge < -0.3 is 24.8 Å². The van der Waals surface area contributed by atoms with Crippen LogP contribution in [-0.4, -0.2) is 48.0 Å². The quantitative estimate of drug-likeness (QED) is 0.417. The number of pyridine rings is 1. The van der Waals surface area contributed by atoms with Crippen molar-refractivity contribution >= 4 is 22.6 Å². The van der Waals surface area contributed by atoms with Gasteiger partial charge in [-0.2, -0.15) is 5.10 Å². The van der Waals surface area contributed by atoms with Crippen molar-refractivity contribution in [2.24, 2.45) is 5.92 Å². The molecule has 9 nitrogen and oxygen atoms in total. The summed E-state index contributed by atoms with van der Waals surface area (Å²) in [7, 11) is 4.71. The number of ether oxygens (including phenoxy) is 3. The van der Waals surface area contributed by atoms with E-state index in [0.717, 1.165) is 22.3 Å². The molecule has 9 heteroatoms. The fourth-order valence-corrected chi connectivity index (χ4v) is 5.08. The number of aryl methyl sites for hydroxylation is 1. The third kappa shape index (κ3) is 5.20. The maximum absolute atomic E-state index is 13.4. The van der Waals surface area contributed by atoms with Gasteiger partial charge in [-0.3, -0.25) is 4.79 Å². The van der Waals surface area contributed by atoms with Gasteiger partial charge in [-0.15, -0.1) is 0 Å². The van der Waals surface area contributed by atoms with Crippen molar-refractivity contribution in [2.75, 3.05) is 26.6 Å². The topological polar surface area (TPSA) is 99.5 Å². The van der Waals surface area contributed by atoms with Crippen LogP contribution >= 0.6 is 0 Å². The molecule has 36 heavy (non-hydrogen) atoms. The molecule has 0 radical (unpaired) electrons. The van der Waals surface area contributed by atoms with E-state index in [1.807, 2.05) is 23.7 Å². The summed E-state index contributed by atoms with van der Waals surface area (Å²) in [6.45, 7) is 5.24. The van der Waals surface area contributed by atoms with Gasteiger partial charge in [-0.05, 0) is 50.3 Å². The van der Waals surface area contributed by atoms with E-state index in [1.54, 1.807) is 33.7 Å². The number of amides is 1. The van der Waals surface area contributed by atoms with Crippen molar-refractivity contribution in [3.05, 3.63) is 35.7 Å². The zero-order valence-electron chi connectivity index (χ0n) is 21.9. The highest BCUT2D eigenvalue weighted by atomic mass is 16.5. The Labute approximate surface area is 212 Å². The Morgan fingerprint density at radius 3 is 2.39 bits per heavy atom. The lowest BCUT2D eigenvalue weighted by atomic mass is 9.84. The van der Waals surface area contributed by atoms with Crippen LogP contribution in [0, 0.1) is 5.92 Å². The molecule has 0 aliphatic heterocycles. The number of nitrogens with zero attached hydrogens (tertiary/aromatic N) is 3. The molecule has 1 amide bonds. The van der Waals surface area contributed by atoms with Crippen molar-refractivity contribution in [1.29, 1.82) is 0 Å². The van der Waals surface area contributed by atoms with Crippen molar-refractivity contribution in [2.45, 2.75) is 65.1 Å². The lowest BCUT2D eigenvalue weighted by Crippen LogP contribution is -2.30. The summed E-state index contributed by atoms with van der Waals surface area (Å²) in [5.74, 6) is 1.97. The summed E-state index contributed by atoms with van der Waals surface area (Å²) in [5.41, 5.74) is 2.90. The molecule has 1 aromatic carbocycles. The van der Waals surface area contributed by atoms with Gasteiger partial charge in [0.1, 0.15) is 0 Å². The van der Waals surface area contributed by atoms with Gasteiger partial charge >= 0.3 is 0 Å². The molecule has 2 N–H and O–H groups in total. The third-order valence-electron chi connectivity index (χ3n) is 7.12. The smallest absolute Gasteiger partial charge is 0.255 e. The number of methoxy groups -OCH3 is 3. The van der Waals surface area contributed by atoms with Crippen molar-refractivity contribution in [3.8, 4) is 17.2 Å². The maximum atomic E-state index is 13.4. The largest absolute Gasteiger partial charge is 0.493 e. The van der Waals surface area contributed by atoms with Crippen LogP contribution in [0.15, 0.2) is 24.5 Å². The van der Waals surface area contributed by atoms with Crippen molar-refractivity contribution < 1.29 is 19.0 Å². The number of benzene rings is 1. The number of anilines is 1. The maximum Gasteiger partial charge on any atom is 0.255 e. The minimum absolute atomic E-state index is 0.208. The molecule has 0 bridgehead atoms. The van der Waals surface area contributed by atoms with Crippen LogP contribution < -0.4 is 24.8 Å². The van der Waals surface area contributed by atoms with Gasteiger partial charge in [-0.1, -0.05) is 19.3 Å². The fraction of sp³-hybridized carbons (Fsp3) is 0.519. The predicted octanol–water partition coefficient (Wildman–Crippen LogP) is 4.79. The average Bonchev–Trinajstić information content (AvgIpc) is 3.35. The SMILES string of the molecule is CCn1ncc2c(N[C@H](C)C3CCCCC3)c(C(=O)NCc3cc(OC)c(OC)c(OC)c3)cnc21. The summed E-state index contributed by atoms with van der Waals surface area (Å²) in [6, 6.07) is 3.90. The van der Waals surface area contributed by atoms with Crippen LogP contribution in [0.3, 0.4) is 0 Å². The van der Waals surface area contributed by atoms with Crippen LogP contribution in [0.2, 0.25) is 0 Å². The highest BCUT2D eigenvalue weighted by Gasteiger charge is 2.24. The molecule has 194 valence electrons. The van der Waals surface area contributed by atoms with Gasteiger partial charge in [0.15, 0.2) is 17.1 Å². The fourth-order valence-electron chi connectivity index (χ4n) is 5.08. The van der Waals surface area contributed by atoms with Gasteiger partial charge in [-0.25, -0.2) is 9.67 Å². The van der Waals surface area contributed by atoms with E-state index >= 15 is 0 Å². The number of carbonyl (C=O) groups is 1. The lowest BCUT2D eigenvalue weighted by Gasteiger charge is -2.29. The van der Waals surface area contributed by atoms with E-state index in [1.165, 1.54) is 32.1 Å². The van der Waals surface area contributed by atoms with Crippen LogP contribution in [-0.2, 0) is 13.1 Å². The average molecular weight is 496 g/mol. The Balaban J connectivity index is 1.61. The van der Waals surface area contributed by atoms with E-state index in [9.17, 15) is 4.79 Å². The first-order valence-electron chi connectivity index (χ1n) is 12.7. The number of nitrogens with one attached hydrogen (secondary N) is 2. The Morgan fingerprint density at radius 2 is 1.78 bits per heavy atom. The molecular weight excluding hydrogens is 458 g/mol. The van der Waals surface area contributed by atoms with Gasteiger partial charge in [0.25, 0.3) is 5.91 Å². The molecule has 2 aromatic heterocycles. The lowest BCUT2D eigenvalue weighted by molar-refractivity contribution is 0.0951. The first-order valence-corrected chi connectivity index (χ1v) is 12.7. The van der Waals surface area contributed by atoms with Crippen LogP contribution in [0.1, 0.15) is 61.9 Å². The number of rotatable bonds is 10. The van der Waals surface area contributed by atoms with Gasteiger partial charge in [0, 0.05) is 25.3 Å². The minimum atomic E-state index is -0.208. The summed E-state index contributed by atoms with van der Waals surface area (Å²) in [4.78, 5) is 18.0. The second-order valence-corrected chi connectivity index (χ2v) is 9.29. The number of hydrogen-bond donors (Lipinski definition) is 2. The van der Waals surface area contributed by atoms with Gasteiger partial charge in [0.2, 0.25) is 5.75 Å². The highest BCUT2D eigenvalue weighted by molar-refractivity contribution is 6.06. The Morgan fingerprint density at radius 1 is 1.08 bits per heavy atom. The third-order valence-corrected chi connectivity index (χ3v) is 7.12. The predicted molar refractivity (Wildman–Crippen MR) is 140 cm³/mol. The van der Waals surface area contributed by atoms with Crippen molar-refractivity contribution in [3.63, 3.8) is 0 Å². The molecule has 1 aliphatic rings. The Kier molecular flexibility index (Phi) is 8.18. The number of aromatic nitrogens is 3. The summed E-state index contributed by atoms with van der Waals surface area (Å²) < 4.78 is 18.1.